The van der Waals surface area contributed by atoms with Crippen molar-refractivity contribution in [1.29, 1.82) is 0 Å². The van der Waals surface area contributed by atoms with Crippen LogP contribution < -0.4 is 10.2 Å². The number of aliphatic hydroxyl groups is 1. The SMILES string of the molecule is CCN(CC)c1nccc(C2(N3CCNCC3)C[C@@]3(C)C(=CC2=O)CC[C@@H]2[C@@H]3CC[C@@]3(C)[C@H]2CC[C@]3(O)C(C)=O)n1. The van der Waals surface area contributed by atoms with Gasteiger partial charge in [0.1, 0.15) is 11.1 Å². The molecule has 7 atom stereocenters. The van der Waals surface area contributed by atoms with Crippen molar-refractivity contribution >= 4 is 17.5 Å². The molecule has 1 aromatic heterocycles. The van der Waals surface area contributed by atoms with Crippen LogP contribution in [-0.2, 0) is 15.1 Å². The molecule has 8 heteroatoms. The fourth-order valence-electron chi connectivity index (χ4n) is 10.2. The smallest absolute Gasteiger partial charge is 0.225 e. The highest BCUT2D eigenvalue weighted by Crippen LogP contribution is 2.68. The fourth-order valence-corrected chi connectivity index (χ4v) is 10.2. The first-order valence-corrected chi connectivity index (χ1v) is 16.1. The number of hydrogen-bond donors (Lipinski definition) is 2. The van der Waals surface area contributed by atoms with E-state index in [2.05, 4.69) is 47.8 Å². The quantitative estimate of drug-likeness (QED) is 0.538. The monoisotopic (exact) mass is 563 g/mol. The van der Waals surface area contributed by atoms with Crippen LogP contribution in [-0.4, -0.2) is 76.4 Å². The summed E-state index contributed by atoms with van der Waals surface area (Å²) in [7, 11) is 0. The number of carbonyl (C=O) groups is 2. The Balaban J connectivity index is 1.43. The van der Waals surface area contributed by atoms with Crippen molar-refractivity contribution in [2.24, 2.45) is 28.6 Å². The minimum atomic E-state index is -1.21. The number of aromatic nitrogens is 2. The second-order valence-corrected chi connectivity index (χ2v) is 14.0. The maximum Gasteiger partial charge on any atom is 0.225 e. The predicted molar refractivity (Wildman–Crippen MR) is 159 cm³/mol. The number of Topliss-reactive ketones (excluding diaryl/α,β-unsaturated/α-hetero) is 1. The van der Waals surface area contributed by atoms with E-state index in [1.165, 1.54) is 5.57 Å². The summed E-state index contributed by atoms with van der Waals surface area (Å²) >= 11 is 0. The van der Waals surface area contributed by atoms with Gasteiger partial charge in [-0.3, -0.25) is 14.5 Å². The van der Waals surface area contributed by atoms with Crippen LogP contribution in [0.15, 0.2) is 23.9 Å². The molecule has 1 saturated heterocycles. The summed E-state index contributed by atoms with van der Waals surface area (Å²) in [6.07, 6.45) is 9.83. The van der Waals surface area contributed by atoms with E-state index >= 15 is 0 Å². The third-order valence-corrected chi connectivity index (χ3v) is 12.6. The van der Waals surface area contributed by atoms with E-state index in [1.807, 2.05) is 18.3 Å². The Hall–Kier alpha value is -2.16. The first-order valence-electron chi connectivity index (χ1n) is 16.1. The summed E-state index contributed by atoms with van der Waals surface area (Å²) < 4.78 is 0. The normalized spacial score (nSPS) is 40.8. The molecule has 2 heterocycles. The lowest BCUT2D eigenvalue weighted by molar-refractivity contribution is -0.162. The average molecular weight is 564 g/mol. The zero-order valence-corrected chi connectivity index (χ0v) is 25.7. The van der Waals surface area contributed by atoms with Crippen LogP contribution in [0, 0.1) is 28.6 Å². The number of nitrogens with one attached hydrogen (secondary N) is 1. The van der Waals surface area contributed by atoms with Gasteiger partial charge >= 0.3 is 0 Å². The number of piperazine rings is 1. The lowest BCUT2D eigenvalue weighted by Crippen LogP contribution is -2.64. The van der Waals surface area contributed by atoms with Crippen molar-refractivity contribution in [3.05, 3.63) is 29.6 Å². The van der Waals surface area contributed by atoms with Gasteiger partial charge in [0.25, 0.3) is 0 Å². The van der Waals surface area contributed by atoms with E-state index in [4.69, 9.17) is 4.98 Å². The standard InChI is InChI=1S/C33H49N5O3/c1-6-37(7-2)29-35-15-12-27(36-29)32(38-18-16-34-17-19-38)21-30(4)23(20-28(32)40)8-9-24-25(30)10-13-31(5)26(24)11-14-33(31,41)22(3)39/h12,15,20,24-26,34,41H,6-11,13-14,16-19,21H2,1-5H3/t24-,25+,26+,30+,31+,32?,33+/m1/s1. The summed E-state index contributed by atoms with van der Waals surface area (Å²) in [5.41, 5.74) is -0.440. The predicted octanol–water partition coefficient (Wildman–Crippen LogP) is 3.89. The lowest BCUT2D eigenvalue weighted by atomic mass is 9.44. The summed E-state index contributed by atoms with van der Waals surface area (Å²) in [4.78, 5) is 41.6. The van der Waals surface area contributed by atoms with E-state index < -0.39 is 11.1 Å². The van der Waals surface area contributed by atoms with Crippen molar-refractivity contribution in [2.45, 2.75) is 90.7 Å². The van der Waals surface area contributed by atoms with Gasteiger partial charge in [-0.2, -0.15) is 0 Å². The van der Waals surface area contributed by atoms with Gasteiger partial charge in [0.15, 0.2) is 11.6 Å². The number of allylic oxidation sites excluding steroid dienone is 1. The molecule has 1 aromatic rings. The number of hydrogen-bond acceptors (Lipinski definition) is 8. The molecule has 3 saturated carbocycles. The van der Waals surface area contributed by atoms with Crippen LogP contribution in [0.3, 0.4) is 0 Å². The van der Waals surface area contributed by atoms with Crippen LogP contribution in [0.5, 0.6) is 0 Å². The minimum absolute atomic E-state index is 0.0719. The van der Waals surface area contributed by atoms with E-state index in [1.54, 1.807) is 6.92 Å². The molecule has 0 radical (unpaired) electrons. The molecule has 6 rings (SSSR count). The summed E-state index contributed by atoms with van der Waals surface area (Å²) in [5, 5.41) is 15.1. The number of rotatable bonds is 6. The molecule has 4 fully saturated rings. The van der Waals surface area contributed by atoms with Crippen molar-refractivity contribution in [2.75, 3.05) is 44.2 Å². The molecule has 1 aliphatic heterocycles. The van der Waals surface area contributed by atoms with Gasteiger partial charge < -0.3 is 15.3 Å². The first kappa shape index (κ1) is 28.9. The number of fused-ring (bicyclic) bond motifs is 5. The van der Waals surface area contributed by atoms with Gasteiger partial charge in [-0.1, -0.05) is 19.4 Å². The molecule has 41 heavy (non-hydrogen) atoms. The van der Waals surface area contributed by atoms with E-state index in [0.717, 1.165) is 83.5 Å². The largest absolute Gasteiger partial charge is 0.382 e. The van der Waals surface area contributed by atoms with Gasteiger partial charge in [0.05, 0.1) is 5.69 Å². The molecular weight excluding hydrogens is 514 g/mol. The maximum absolute atomic E-state index is 14.5. The topological polar surface area (TPSA) is 98.7 Å². The third-order valence-electron chi connectivity index (χ3n) is 12.6. The first-order chi connectivity index (χ1) is 19.5. The van der Waals surface area contributed by atoms with E-state index in [9.17, 15) is 14.7 Å². The van der Waals surface area contributed by atoms with E-state index in [-0.39, 0.29) is 22.4 Å². The highest BCUT2D eigenvalue weighted by molar-refractivity contribution is 6.00. The molecule has 0 spiro atoms. The van der Waals surface area contributed by atoms with Crippen molar-refractivity contribution in [3.8, 4) is 0 Å². The van der Waals surface area contributed by atoms with Gasteiger partial charge in [0.2, 0.25) is 5.95 Å². The average Bonchev–Trinajstić information content (AvgIpc) is 3.26. The number of nitrogens with zero attached hydrogens (tertiary/aromatic N) is 4. The molecule has 8 nitrogen and oxygen atoms in total. The molecule has 4 aliphatic carbocycles. The summed E-state index contributed by atoms with van der Waals surface area (Å²) in [6, 6.07) is 1.98. The molecule has 224 valence electrons. The number of anilines is 1. The Bertz CT molecular complexity index is 1240. The van der Waals surface area contributed by atoms with Gasteiger partial charge in [0, 0.05) is 50.9 Å². The molecule has 0 bridgehead atoms. The zero-order chi connectivity index (χ0) is 29.2. The molecule has 0 amide bonds. The Labute approximate surface area is 245 Å². The molecule has 0 aromatic carbocycles. The van der Waals surface area contributed by atoms with Crippen molar-refractivity contribution < 1.29 is 14.7 Å². The Morgan fingerprint density at radius 2 is 1.83 bits per heavy atom. The Morgan fingerprint density at radius 3 is 2.51 bits per heavy atom. The highest BCUT2D eigenvalue weighted by Gasteiger charge is 2.67. The fraction of sp³-hybridized carbons (Fsp3) is 0.758. The van der Waals surface area contributed by atoms with E-state index in [0.29, 0.717) is 30.1 Å². The van der Waals surface area contributed by atoms with Crippen LogP contribution in [0.1, 0.15) is 85.3 Å². The summed E-state index contributed by atoms with van der Waals surface area (Å²) in [5.74, 6) is 1.97. The second-order valence-electron chi connectivity index (χ2n) is 14.0. The lowest BCUT2D eigenvalue weighted by Gasteiger charge is -2.61. The minimum Gasteiger partial charge on any atom is -0.382 e. The van der Waals surface area contributed by atoms with Gasteiger partial charge in [-0.05, 0) is 101 Å². The Morgan fingerprint density at radius 1 is 1.12 bits per heavy atom. The van der Waals surface area contributed by atoms with Crippen LogP contribution in [0.2, 0.25) is 0 Å². The Kier molecular flexibility index (Phi) is 7.22. The number of ketones is 2. The second kappa shape index (κ2) is 10.2. The maximum atomic E-state index is 14.5. The van der Waals surface area contributed by atoms with Crippen molar-refractivity contribution in [3.63, 3.8) is 0 Å². The third kappa shape index (κ3) is 4.03. The van der Waals surface area contributed by atoms with Gasteiger partial charge in [-0.15, -0.1) is 0 Å². The molecule has 5 aliphatic rings. The highest BCUT2D eigenvalue weighted by atomic mass is 16.3. The zero-order valence-electron chi connectivity index (χ0n) is 25.7. The van der Waals surface area contributed by atoms with Crippen LogP contribution >= 0.6 is 0 Å². The van der Waals surface area contributed by atoms with Gasteiger partial charge in [-0.25, -0.2) is 9.97 Å². The molecule has 1 unspecified atom stereocenters. The number of carbonyl (C=O) groups excluding carboxylic acids is 2. The van der Waals surface area contributed by atoms with Crippen LogP contribution in [0.4, 0.5) is 5.95 Å². The van der Waals surface area contributed by atoms with Crippen molar-refractivity contribution in [1.82, 2.24) is 20.2 Å². The molecular formula is C33H49N5O3. The van der Waals surface area contributed by atoms with Crippen LogP contribution in [0.25, 0.3) is 0 Å². The summed E-state index contributed by atoms with van der Waals surface area (Å²) in [6.45, 7) is 15.3. The molecule has 2 N–H and O–H groups in total.